The molecule has 11 nitrogen and oxygen atoms in total. The van der Waals surface area contributed by atoms with Crippen LogP contribution in [0.2, 0.25) is 0 Å². The van der Waals surface area contributed by atoms with Gasteiger partial charge in [-0.05, 0) is 41.0 Å². The molecule has 5 N–H and O–H groups in total. The number of hydrogen-bond acceptors (Lipinski definition) is 6. The van der Waals surface area contributed by atoms with E-state index in [1.807, 2.05) is 72.8 Å². The van der Waals surface area contributed by atoms with Crippen molar-refractivity contribution < 1.29 is 24.2 Å². The Morgan fingerprint density at radius 2 is 1.36 bits per heavy atom. The Kier molecular flexibility index (Phi) is 11.9. The summed E-state index contributed by atoms with van der Waals surface area (Å²) >= 11 is 0. The highest BCUT2D eigenvalue weighted by Gasteiger charge is 2.31. The third-order valence-corrected chi connectivity index (χ3v) is 9.24. The van der Waals surface area contributed by atoms with Gasteiger partial charge in [-0.1, -0.05) is 91.0 Å². The van der Waals surface area contributed by atoms with Crippen LogP contribution in [0.3, 0.4) is 0 Å². The Hall–Kier alpha value is -6.33. The Labute approximate surface area is 309 Å². The SMILES string of the molecule is CNC(=O)NCCN(Cc1ccccc1)c1ccc2c(c1)OC1=CC(N(CCNC(=O)NC)Cc3ccccc3)C=CC1=C2c1ccccc1C(=O)O. The maximum atomic E-state index is 12.5. The van der Waals surface area contributed by atoms with Crippen LogP contribution in [-0.2, 0) is 13.1 Å². The second-order valence-corrected chi connectivity index (χ2v) is 12.7. The first-order chi connectivity index (χ1) is 25.8. The molecule has 4 aromatic rings. The molecule has 6 rings (SSSR count). The van der Waals surface area contributed by atoms with E-state index in [4.69, 9.17) is 4.74 Å². The summed E-state index contributed by atoms with van der Waals surface area (Å²) in [6.45, 7) is 3.16. The average Bonchev–Trinajstić information content (AvgIpc) is 3.19. The van der Waals surface area contributed by atoms with E-state index in [1.54, 1.807) is 26.2 Å². The average molecular weight is 713 g/mol. The van der Waals surface area contributed by atoms with Crippen molar-refractivity contribution in [2.24, 2.45) is 0 Å². The Bertz CT molecular complexity index is 2030. The lowest BCUT2D eigenvalue weighted by Gasteiger charge is -2.34. The van der Waals surface area contributed by atoms with Gasteiger partial charge < -0.3 is 36.0 Å². The fourth-order valence-electron chi connectivity index (χ4n) is 6.59. The molecular formula is C42H44N6O5. The number of allylic oxidation sites excluding steroid dienone is 1. The van der Waals surface area contributed by atoms with E-state index in [-0.39, 0.29) is 23.7 Å². The molecule has 1 unspecified atom stereocenters. The van der Waals surface area contributed by atoms with Crippen molar-refractivity contribution in [2.75, 3.05) is 45.2 Å². The number of nitrogens with zero attached hydrogens (tertiary/aromatic N) is 2. The number of hydrogen-bond donors (Lipinski definition) is 5. The summed E-state index contributed by atoms with van der Waals surface area (Å²) in [6, 6.07) is 32.6. The summed E-state index contributed by atoms with van der Waals surface area (Å²) < 4.78 is 6.77. The lowest BCUT2D eigenvalue weighted by molar-refractivity contribution is 0.0696. The zero-order valence-corrected chi connectivity index (χ0v) is 29.8. The van der Waals surface area contributed by atoms with Crippen LogP contribution in [0, 0.1) is 0 Å². The van der Waals surface area contributed by atoms with Gasteiger partial charge in [0.05, 0.1) is 11.6 Å². The number of carboxylic acids is 1. The molecule has 1 heterocycles. The topological polar surface area (TPSA) is 135 Å². The summed E-state index contributed by atoms with van der Waals surface area (Å²) in [6.07, 6.45) is 6.17. The molecule has 0 bridgehead atoms. The lowest BCUT2D eigenvalue weighted by atomic mass is 9.85. The maximum Gasteiger partial charge on any atom is 0.336 e. The van der Waals surface area contributed by atoms with Crippen molar-refractivity contribution in [3.8, 4) is 5.75 Å². The van der Waals surface area contributed by atoms with Crippen molar-refractivity contribution in [1.29, 1.82) is 0 Å². The monoisotopic (exact) mass is 712 g/mol. The molecule has 53 heavy (non-hydrogen) atoms. The summed E-state index contributed by atoms with van der Waals surface area (Å²) in [7, 11) is 3.17. The molecule has 0 spiro atoms. The normalized spacial score (nSPS) is 14.3. The zero-order valence-electron chi connectivity index (χ0n) is 29.8. The molecule has 4 amide bonds. The molecule has 4 aromatic carbocycles. The van der Waals surface area contributed by atoms with Crippen LogP contribution in [-0.4, -0.2) is 74.4 Å². The summed E-state index contributed by atoms with van der Waals surface area (Å²) in [5.41, 5.74) is 6.23. The number of carbonyl (C=O) groups is 3. The zero-order chi connectivity index (χ0) is 37.2. The van der Waals surface area contributed by atoms with Crippen LogP contribution in [0.25, 0.3) is 5.57 Å². The number of nitrogens with one attached hydrogen (secondary N) is 4. The number of ether oxygens (including phenoxy) is 1. The van der Waals surface area contributed by atoms with Crippen LogP contribution < -0.4 is 30.9 Å². The fourth-order valence-corrected chi connectivity index (χ4v) is 6.59. The predicted molar refractivity (Wildman–Crippen MR) is 207 cm³/mol. The van der Waals surface area contributed by atoms with E-state index in [0.29, 0.717) is 56.3 Å². The number of benzene rings is 4. The number of rotatable bonds is 14. The first-order valence-electron chi connectivity index (χ1n) is 17.6. The highest BCUT2D eigenvalue weighted by Crippen LogP contribution is 2.45. The first-order valence-corrected chi connectivity index (χ1v) is 17.6. The van der Waals surface area contributed by atoms with Gasteiger partial charge >= 0.3 is 18.0 Å². The standard InChI is InChI=1S/C42H44N6O5/c1-43-41(51)45-21-23-47(27-29-11-5-3-6-12-29)31-17-19-35-37(25-31)53-38-26-32(18-20-36(38)39(35)33-15-9-10-16-34(33)40(49)50)48(24-22-46-42(52)44-2)28-30-13-7-4-8-14-30/h3-20,25-26,31H,21-24,27-28H2,1-2H3,(H,49,50)(H2,43,45,51)(H2,44,46,52). The number of fused-ring (bicyclic) bond motifs is 2. The molecule has 272 valence electrons. The van der Waals surface area contributed by atoms with Crippen molar-refractivity contribution in [2.45, 2.75) is 19.1 Å². The Balaban J connectivity index is 1.41. The molecule has 2 aliphatic rings. The van der Waals surface area contributed by atoms with Crippen molar-refractivity contribution >= 4 is 29.3 Å². The van der Waals surface area contributed by atoms with E-state index in [1.165, 1.54) is 0 Å². The van der Waals surface area contributed by atoms with Gasteiger partial charge in [-0.3, -0.25) is 4.90 Å². The van der Waals surface area contributed by atoms with Gasteiger partial charge in [0.25, 0.3) is 0 Å². The fraction of sp³-hybridized carbons (Fsp3) is 0.214. The minimum atomic E-state index is -1.02. The molecule has 0 radical (unpaired) electrons. The van der Waals surface area contributed by atoms with Crippen LogP contribution in [0.15, 0.2) is 133 Å². The second-order valence-electron chi connectivity index (χ2n) is 12.7. The third-order valence-electron chi connectivity index (χ3n) is 9.24. The molecule has 11 heteroatoms. The summed E-state index contributed by atoms with van der Waals surface area (Å²) in [4.78, 5) is 41.0. The van der Waals surface area contributed by atoms with Crippen LogP contribution >= 0.6 is 0 Å². The molecule has 0 fully saturated rings. The highest BCUT2D eigenvalue weighted by molar-refractivity contribution is 6.00. The van der Waals surface area contributed by atoms with E-state index in [2.05, 4.69) is 67.5 Å². The summed E-state index contributed by atoms with van der Waals surface area (Å²) in [5, 5.41) is 21.2. The maximum absolute atomic E-state index is 12.5. The van der Waals surface area contributed by atoms with Crippen molar-refractivity contribution in [3.63, 3.8) is 0 Å². The van der Waals surface area contributed by atoms with Crippen molar-refractivity contribution in [3.05, 3.63) is 161 Å². The van der Waals surface area contributed by atoms with Gasteiger partial charge in [0.15, 0.2) is 0 Å². The van der Waals surface area contributed by atoms with Gasteiger partial charge in [0.2, 0.25) is 0 Å². The third kappa shape index (κ3) is 8.95. The van der Waals surface area contributed by atoms with Gasteiger partial charge in [0.1, 0.15) is 11.5 Å². The van der Waals surface area contributed by atoms with Gasteiger partial charge in [0, 0.05) is 81.8 Å². The van der Waals surface area contributed by atoms with E-state index >= 15 is 0 Å². The minimum Gasteiger partial charge on any atom is -0.478 e. The first kappa shape index (κ1) is 36.5. The quantitative estimate of drug-likeness (QED) is 0.112. The summed E-state index contributed by atoms with van der Waals surface area (Å²) in [5.74, 6) is 0.192. The van der Waals surface area contributed by atoms with Gasteiger partial charge in [-0.25, -0.2) is 14.4 Å². The van der Waals surface area contributed by atoms with E-state index in [0.717, 1.165) is 33.5 Å². The number of amides is 4. The highest BCUT2D eigenvalue weighted by atomic mass is 16.5. The van der Waals surface area contributed by atoms with Gasteiger partial charge in [-0.15, -0.1) is 0 Å². The largest absolute Gasteiger partial charge is 0.478 e. The predicted octanol–water partition coefficient (Wildman–Crippen LogP) is 5.77. The number of carboxylic acid groups (broad SMARTS) is 1. The molecule has 1 aliphatic heterocycles. The van der Waals surface area contributed by atoms with Gasteiger partial charge in [-0.2, -0.15) is 0 Å². The lowest BCUT2D eigenvalue weighted by Crippen LogP contribution is -2.42. The molecular weight excluding hydrogens is 668 g/mol. The number of carbonyl (C=O) groups excluding carboxylic acids is 2. The van der Waals surface area contributed by atoms with Crippen LogP contribution in [0.1, 0.15) is 32.6 Å². The molecule has 0 saturated carbocycles. The number of aromatic carboxylic acids is 1. The number of urea groups is 2. The Morgan fingerprint density at radius 3 is 2.02 bits per heavy atom. The van der Waals surface area contributed by atoms with E-state index in [9.17, 15) is 19.5 Å². The second kappa shape index (κ2) is 17.3. The van der Waals surface area contributed by atoms with Crippen molar-refractivity contribution in [1.82, 2.24) is 26.2 Å². The Morgan fingerprint density at radius 1 is 0.736 bits per heavy atom. The molecule has 1 aliphatic carbocycles. The molecule has 1 atom stereocenters. The molecule has 0 aromatic heterocycles. The number of anilines is 1. The smallest absolute Gasteiger partial charge is 0.336 e. The molecule has 0 saturated heterocycles. The van der Waals surface area contributed by atoms with E-state index < -0.39 is 5.97 Å². The van der Waals surface area contributed by atoms with Crippen LogP contribution in [0.4, 0.5) is 15.3 Å². The van der Waals surface area contributed by atoms with Crippen LogP contribution in [0.5, 0.6) is 5.75 Å². The minimum absolute atomic E-state index is 0.188.